The van der Waals surface area contributed by atoms with E-state index in [1.54, 1.807) is 25.1 Å². The van der Waals surface area contributed by atoms with Crippen molar-refractivity contribution < 1.29 is 17.9 Å². The fourth-order valence-corrected chi connectivity index (χ4v) is 5.09. The number of benzene rings is 2. The molecular formula is C32H46O4S. The van der Waals surface area contributed by atoms with Gasteiger partial charge >= 0.3 is 0 Å². The molecule has 0 saturated carbocycles. The SMILES string of the molecule is C/C(=C/[C@@H](C)S(C)(=O)=O)[C@H](CC(=O)c1ccccc1)O[C@H](C)c1c(C(C)C)cc(C(C)C)cc1C(C)C. The molecular weight excluding hydrogens is 480 g/mol. The molecule has 0 spiro atoms. The number of rotatable bonds is 12. The topological polar surface area (TPSA) is 60.4 Å². The summed E-state index contributed by atoms with van der Waals surface area (Å²) in [5.74, 6) is 1.01. The van der Waals surface area contributed by atoms with E-state index in [0.29, 0.717) is 23.3 Å². The molecule has 0 aliphatic rings. The van der Waals surface area contributed by atoms with E-state index in [4.69, 9.17) is 4.74 Å². The summed E-state index contributed by atoms with van der Waals surface area (Å²) in [6.07, 6.45) is 2.28. The Labute approximate surface area is 225 Å². The number of Topliss-reactive ketones (excluding diaryl/α,β-unsaturated/α-hetero) is 1. The smallest absolute Gasteiger partial charge is 0.165 e. The van der Waals surface area contributed by atoms with E-state index in [2.05, 4.69) is 60.6 Å². The zero-order valence-corrected chi connectivity index (χ0v) is 25.1. The quantitative estimate of drug-likeness (QED) is 0.207. The molecule has 2 aromatic carbocycles. The van der Waals surface area contributed by atoms with Crippen LogP contribution in [0.1, 0.15) is 125 Å². The van der Waals surface area contributed by atoms with Crippen LogP contribution in [0.25, 0.3) is 0 Å². The lowest BCUT2D eigenvalue weighted by Gasteiger charge is -2.30. The van der Waals surface area contributed by atoms with Crippen LogP contribution >= 0.6 is 0 Å². The molecule has 0 N–H and O–H groups in total. The average Bonchev–Trinajstić information content (AvgIpc) is 2.82. The molecule has 0 saturated heterocycles. The van der Waals surface area contributed by atoms with Gasteiger partial charge in [-0.2, -0.15) is 0 Å². The predicted octanol–water partition coefficient (Wildman–Crippen LogP) is 8.16. The van der Waals surface area contributed by atoms with Gasteiger partial charge in [0.25, 0.3) is 0 Å². The second-order valence-electron chi connectivity index (χ2n) is 11.3. The summed E-state index contributed by atoms with van der Waals surface area (Å²) in [5, 5.41) is -0.663. The Morgan fingerprint density at radius 2 is 1.38 bits per heavy atom. The fourth-order valence-electron chi connectivity index (χ4n) is 4.62. The molecule has 0 unspecified atom stereocenters. The van der Waals surface area contributed by atoms with Gasteiger partial charge in [-0.05, 0) is 66.4 Å². The van der Waals surface area contributed by atoms with Crippen LogP contribution in [0.2, 0.25) is 0 Å². The molecule has 2 aromatic rings. The van der Waals surface area contributed by atoms with E-state index in [9.17, 15) is 13.2 Å². The molecule has 204 valence electrons. The van der Waals surface area contributed by atoms with Gasteiger partial charge in [0.1, 0.15) is 0 Å². The van der Waals surface area contributed by atoms with Crippen molar-refractivity contribution in [2.45, 2.75) is 104 Å². The van der Waals surface area contributed by atoms with E-state index in [0.717, 1.165) is 5.57 Å². The van der Waals surface area contributed by atoms with Crippen molar-refractivity contribution in [2.75, 3.05) is 6.26 Å². The minimum atomic E-state index is -3.26. The van der Waals surface area contributed by atoms with Gasteiger partial charge in [-0.3, -0.25) is 4.79 Å². The van der Waals surface area contributed by atoms with Crippen molar-refractivity contribution in [1.29, 1.82) is 0 Å². The van der Waals surface area contributed by atoms with Gasteiger partial charge in [-0.1, -0.05) is 90.1 Å². The monoisotopic (exact) mass is 526 g/mol. The van der Waals surface area contributed by atoms with Gasteiger partial charge in [0.2, 0.25) is 0 Å². The van der Waals surface area contributed by atoms with Gasteiger partial charge in [0, 0.05) is 18.2 Å². The molecule has 0 radical (unpaired) electrons. The summed E-state index contributed by atoms with van der Waals surface area (Å²) < 4.78 is 31.0. The Hall–Kier alpha value is -2.24. The molecule has 0 fully saturated rings. The minimum absolute atomic E-state index is 0.0270. The summed E-state index contributed by atoms with van der Waals surface area (Å²) in [7, 11) is -3.26. The van der Waals surface area contributed by atoms with Crippen LogP contribution in [0, 0.1) is 0 Å². The number of sulfone groups is 1. The molecule has 0 amide bonds. The molecule has 0 heterocycles. The van der Waals surface area contributed by atoms with E-state index in [1.165, 1.54) is 28.5 Å². The average molecular weight is 527 g/mol. The Bertz CT molecular complexity index is 1160. The van der Waals surface area contributed by atoms with Gasteiger partial charge in [0.05, 0.1) is 17.5 Å². The van der Waals surface area contributed by atoms with Crippen LogP contribution in [-0.2, 0) is 14.6 Å². The summed E-state index contributed by atoms with van der Waals surface area (Å²) in [5.41, 5.74) is 6.40. The number of ether oxygens (including phenoxy) is 1. The second kappa shape index (κ2) is 13.0. The molecule has 4 nitrogen and oxygen atoms in total. The number of ketones is 1. The third-order valence-corrected chi connectivity index (χ3v) is 8.59. The lowest BCUT2D eigenvalue weighted by Crippen LogP contribution is -2.24. The van der Waals surface area contributed by atoms with Gasteiger partial charge < -0.3 is 4.74 Å². The fraction of sp³-hybridized carbons (Fsp3) is 0.531. The normalized spacial score (nSPS) is 15.3. The van der Waals surface area contributed by atoms with Crippen molar-refractivity contribution in [3.63, 3.8) is 0 Å². The highest BCUT2D eigenvalue weighted by atomic mass is 32.2. The molecule has 0 bridgehead atoms. The number of hydrogen-bond acceptors (Lipinski definition) is 4. The molecule has 0 aliphatic carbocycles. The molecule has 37 heavy (non-hydrogen) atoms. The van der Waals surface area contributed by atoms with Crippen molar-refractivity contribution in [3.05, 3.63) is 81.9 Å². The van der Waals surface area contributed by atoms with Gasteiger partial charge in [-0.15, -0.1) is 0 Å². The summed E-state index contributed by atoms with van der Waals surface area (Å²) in [6.45, 7) is 18.8. The highest BCUT2D eigenvalue weighted by Crippen LogP contribution is 2.38. The van der Waals surface area contributed by atoms with Crippen LogP contribution in [0.3, 0.4) is 0 Å². The molecule has 0 aliphatic heterocycles. The number of carbonyl (C=O) groups is 1. The van der Waals surface area contributed by atoms with E-state index < -0.39 is 21.2 Å². The van der Waals surface area contributed by atoms with E-state index in [-0.39, 0.29) is 18.3 Å². The third-order valence-electron chi connectivity index (χ3n) is 7.10. The summed E-state index contributed by atoms with van der Waals surface area (Å²) in [6, 6.07) is 13.8. The van der Waals surface area contributed by atoms with Gasteiger partial charge in [0.15, 0.2) is 15.6 Å². The molecule has 0 aromatic heterocycles. The standard InChI is InChI=1S/C32H46O4S/c1-20(2)27-17-28(21(3)4)32(29(18-27)22(5)6)25(9)36-31(23(7)16-24(8)37(10,34)35)19-30(33)26-14-12-11-13-15-26/h11-18,20-22,24-25,31H,19H2,1-10H3/b23-16-/t24-,25-,31+/m1/s1. The highest BCUT2D eigenvalue weighted by Gasteiger charge is 2.27. The maximum Gasteiger partial charge on any atom is 0.165 e. The lowest BCUT2D eigenvalue weighted by atomic mass is 9.82. The summed E-state index contributed by atoms with van der Waals surface area (Å²) in [4.78, 5) is 13.2. The highest BCUT2D eigenvalue weighted by molar-refractivity contribution is 7.91. The second-order valence-corrected chi connectivity index (χ2v) is 13.7. The first kappa shape index (κ1) is 31.0. The first-order valence-corrected chi connectivity index (χ1v) is 15.4. The number of hydrogen-bond donors (Lipinski definition) is 0. The van der Waals surface area contributed by atoms with Crippen molar-refractivity contribution >= 4 is 15.6 Å². The van der Waals surface area contributed by atoms with Crippen molar-refractivity contribution in [2.24, 2.45) is 0 Å². The lowest BCUT2D eigenvalue weighted by molar-refractivity contribution is 0.0128. The van der Waals surface area contributed by atoms with Crippen molar-refractivity contribution in [1.82, 2.24) is 0 Å². The van der Waals surface area contributed by atoms with E-state index in [1.807, 2.05) is 25.1 Å². The van der Waals surface area contributed by atoms with Crippen LogP contribution in [0.15, 0.2) is 54.1 Å². The Balaban J connectivity index is 2.57. The zero-order valence-electron chi connectivity index (χ0n) is 24.3. The Kier molecular flexibility index (Phi) is 10.9. The number of carbonyl (C=O) groups excluding carboxylic acids is 1. The third kappa shape index (κ3) is 8.38. The summed E-state index contributed by atoms with van der Waals surface area (Å²) >= 11 is 0. The molecule has 5 heteroatoms. The first-order valence-electron chi connectivity index (χ1n) is 13.4. The Morgan fingerprint density at radius 1 is 0.865 bits per heavy atom. The van der Waals surface area contributed by atoms with Crippen molar-refractivity contribution in [3.8, 4) is 0 Å². The Morgan fingerprint density at radius 3 is 1.81 bits per heavy atom. The van der Waals surface area contributed by atoms with Crippen LogP contribution in [0.5, 0.6) is 0 Å². The largest absolute Gasteiger partial charge is 0.366 e. The zero-order chi connectivity index (χ0) is 28.1. The first-order chi connectivity index (χ1) is 17.1. The molecule has 3 atom stereocenters. The van der Waals surface area contributed by atoms with Gasteiger partial charge in [-0.25, -0.2) is 8.42 Å². The van der Waals surface area contributed by atoms with Crippen LogP contribution in [-0.4, -0.2) is 31.8 Å². The van der Waals surface area contributed by atoms with Crippen LogP contribution in [0.4, 0.5) is 0 Å². The van der Waals surface area contributed by atoms with Crippen LogP contribution < -0.4 is 0 Å². The van der Waals surface area contributed by atoms with E-state index >= 15 is 0 Å². The maximum atomic E-state index is 13.2. The minimum Gasteiger partial charge on any atom is -0.366 e. The predicted molar refractivity (Wildman–Crippen MR) is 155 cm³/mol. The maximum absolute atomic E-state index is 13.2. The molecule has 2 rings (SSSR count).